The van der Waals surface area contributed by atoms with Crippen LogP contribution >= 0.6 is 11.6 Å². The van der Waals surface area contributed by atoms with Crippen LogP contribution in [0.3, 0.4) is 0 Å². The minimum absolute atomic E-state index is 0.165. The fourth-order valence-electron chi connectivity index (χ4n) is 2.84. The number of hydrogen-bond acceptors (Lipinski definition) is 4. The normalized spacial score (nSPS) is 11.4. The lowest BCUT2D eigenvalue weighted by Crippen LogP contribution is -2.21. The number of halogens is 4. The summed E-state index contributed by atoms with van der Waals surface area (Å²) in [6.07, 6.45) is -2.87. The fraction of sp³-hybridized carbons (Fsp3) is 0.238. The topological polar surface area (TPSA) is 32.3 Å². The lowest BCUT2D eigenvalue weighted by atomic mass is 10.1. The molecule has 0 atom stereocenters. The highest BCUT2D eigenvalue weighted by Crippen LogP contribution is 2.38. The number of alkyl halides is 3. The van der Waals surface area contributed by atoms with Crippen LogP contribution in [0.2, 0.25) is 5.02 Å². The molecule has 0 unspecified atom stereocenters. The van der Waals surface area contributed by atoms with E-state index in [1.165, 1.54) is 17.5 Å². The molecule has 0 fully saturated rings. The Balaban J connectivity index is 2.04. The summed E-state index contributed by atoms with van der Waals surface area (Å²) >= 11 is 5.89. The first-order chi connectivity index (χ1) is 13.7. The van der Waals surface area contributed by atoms with Crippen molar-refractivity contribution < 1.29 is 13.2 Å². The molecule has 0 amide bonds. The summed E-state index contributed by atoms with van der Waals surface area (Å²) in [4.78, 5) is 11.2. The number of rotatable bonds is 5. The zero-order valence-corrected chi connectivity index (χ0v) is 17.0. The van der Waals surface area contributed by atoms with Crippen molar-refractivity contribution in [3.63, 3.8) is 0 Å². The van der Waals surface area contributed by atoms with Crippen LogP contribution < -0.4 is 9.80 Å². The first-order valence-electron chi connectivity index (χ1n) is 8.97. The highest BCUT2D eigenvalue weighted by Gasteiger charge is 2.37. The molecule has 3 aromatic rings. The Hall–Kier alpha value is -2.80. The molecule has 2 aromatic carbocycles. The van der Waals surface area contributed by atoms with Crippen LogP contribution in [0.25, 0.3) is 0 Å². The van der Waals surface area contributed by atoms with Gasteiger partial charge in [-0.25, -0.2) is 4.98 Å². The molecule has 3 rings (SSSR count). The highest BCUT2D eigenvalue weighted by atomic mass is 35.5. The van der Waals surface area contributed by atoms with Gasteiger partial charge in [0, 0.05) is 36.7 Å². The Bertz CT molecular complexity index is 973. The van der Waals surface area contributed by atoms with Gasteiger partial charge in [0.1, 0.15) is 5.56 Å². The van der Waals surface area contributed by atoms with E-state index in [1.807, 2.05) is 24.3 Å². The van der Waals surface area contributed by atoms with E-state index in [1.54, 1.807) is 36.2 Å². The maximum Gasteiger partial charge on any atom is 0.421 e. The van der Waals surface area contributed by atoms with Gasteiger partial charge in [-0.2, -0.15) is 18.2 Å². The van der Waals surface area contributed by atoms with Crippen LogP contribution in [0.1, 0.15) is 18.1 Å². The molecule has 0 saturated heterocycles. The number of hydrogen-bond donors (Lipinski definition) is 0. The Morgan fingerprint density at radius 1 is 0.897 bits per heavy atom. The second-order valence-corrected chi connectivity index (χ2v) is 6.96. The van der Waals surface area contributed by atoms with Crippen molar-refractivity contribution >= 4 is 34.7 Å². The summed E-state index contributed by atoms with van der Waals surface area (Å²) in [5.41, 5.74) is 1.56. The van der Waals surface area contributed by atoms with Crippen LogP contribution in [0, 0.1) is 0 Å². The van der Waals surface area contributed by atoms with E-state index in [-0.39, 0.29) is 11.8 Å². The standard InChI is InChI=1S/C21H20ClF3N4/c1-4-14-5-9-17(10-6-14)29(3)20-26-13-18(21(23,24)25)19(27-20)28(2)16-11-7-15(22)8-12-16/h5-13H,4H2,1-3H3. The third kappa shape index (κ3) is 4.62. The van der Waals surface area contributed by atoms with Crippen LogP contribution in [0.5, 0.6) is 0 Å². The molecule has 29 heavy (non-hydrogen) atoms. The van der Waals surface area contributed by atoms with Crippen LogP contribution in [-0.2, 0) is 12.6 Å². The van der Waals surface area contributed by atoms with Gasteiger partial charge in [0.2, 0.25) is 5.95 Å². The van der Waals surface area contributed by atoms with E-state index in [0.29, 0.717) is 10.7 Å². The summed E-state index contributed by atoms with van der Waals surface area (Å²) in [6.45, 7) is 2.05. The van der Waals surface area contributed by atoms with Crippen molar-refractivity contribution in [1.29, 1.82) is 0 Å². The summed E-state index contributed by atoms with van der Waals surface area (Å²) < 4.78 is 40.8. The van der Waals surface area contributed by atoms with E-state index in [2.05, 4.69) is 16.9 Å². The molecule has 1 aromatic heterocycles. The highest BCUT2D eigenvalue weighted by molar-refractivity contribution is 6.30. The van der Waals surface area contributed by atoms with Crippen LogP contribution in [0.15, 0.2) is 54.7 Å². The Kier molecular flexibility index (Phi) is 5.98. The van der Waals surface area contributed by atoms with E-state index >= 15 is 0 Å². The molecular weight excluding hydrogens is 401 g/mol. The Morgan fingerprint density at radius 3 is 2.00 bits per heavy atom. The smallest absolute Gasteiger partial charge is 0.329 e. The minimum atomic E-state index is -4.59. The van der Waals surface area contributed by atoms with Crippen molar-refractivity contribution in [3.05, 3.63) is 70.9 Å². The maximum absolute atomic E-state index is 13.6. The van der Waals surface area contributed by atoms with Gasteiger partial charge in [-0.05, 0) is 48.4 Å². The van der Waals surface area contributed by atoms with Crippen LogP contribution in [0.4, 0.5) is 36.3 Å². The molecule has 0 radical (unpaired) electrons. The monoisotopic (exact) mass is 420 g/mol. The van der Waals surface area contributed by atoms with Gasteiger partial charge in [-0.1, -0.05) is 30.7 Å². The molecule has 0 aliphatic rings. The second kappa shape index (κ2) is 8.29. The van der Waals surface area contributed by atoms with Crippen LogP contribution in [-0.4, -0.2) is 24.1 Å². The van der Waals surface area contributed by atoms with Crippen molar-refractivity contribution in [1.82, 2.24) is 9.97 Å². The van der Waals surface area contributed by atoms with E-state index in [0.717, 1.165) is 18.3 Å². The molecule has 1 heterocycles. The Labute approximate surface area is 172 Å². The van der Waals surface area contributed by atoms with Crippen molar-refractivity contribution in [2.24, 2.45) is 0 Å². The maximum atomic E-state index is 13.6. The van der Waals surface area contributed by atoms with Gasteiger partial charge in [0.15, 0.2) is 5.82 Å². The quantitative estimate of drug-likeness (QED) is 0.488. The molecule has 0 bridgehead atoms. The molecule has 0 spiro atoms. The summed E-state index contributed by atoms with van der Waals surface area (Å²) in [7, 11) is 3.25. The molecule has 8 heteroatoms. The molecular formula is C21H20ClF3N4. The minimum Gasteiger partial charge on any atom is -0.329 e. The van der Waals surface area contributed by atoms with Gasteiger partial charge < -0.3 is 9.80 Å². The second-order valence-electron chi connectivity index (χ2n) is 6.52. The first kappa shape index (κ1) is 20.9. The lowest BCUT2D eigenvalue weighted by Gasteiger charge is -2.25. The van der Waals surface area contributed by atoms with Gasteiger partial charge in [-0.15, -0.1) is 0 Å². The predicted octanol–water partition coefficient (Wildman–Crippen LogP) is 6.25. The molecule has 0 N–H and O–H groups in total. The van der Waals surface area contributed by atoms with Crippen molar-refractivity contribution in [2.45, 2.75) is 19.5 Å². The molecule has 152 valence electrons. The predicted molar refractivity (Wildman–Crippen MR) is 110 cm³/mol. The number of anilines is 4. The third-order valence-corrected chi connectivity index (χ3v) is 4.88. The number of aromatic nitrogens is 2. The average Bonchev–Trinajstić information content (AvgIpc) is 2.72. The molecule has 4 nitrogen and oxygen atoms in total. The van der Waals surface area contributed by atoms with E-state index < -0.39 is 11.7 Å². The Morgan fingerprint density at radius 2 is 1.45 bits per heavy atom. The largest absolute Gasteiger partial charge is 0.421 e. The fourth-order valence-corrected chi connectivity index (χ4v) is 2.96. The lowest BCUT2D eigenvalue weighted by molar-refractivity contribution is -0.137. The number of aryl methyl sites for hydroxylation is 1. The molecule has 0 aliphatic heterocycles. The zero-order valence-electron chi connectivity index (χ0n) is 16.2. The van der Waals surface area contributed by atoms with Crippen molar-refractivity contribution in [3.8, 4) is 0 Å². The summed E-state index contributed by atoms with van der Waals surface area (Å²) in [5.74, 6) is -0.0695. The first-order valence-corrected chi connectivity index (χ1v) is 9.34. The van der Waals surface area contributed by atoms with Gasteiger partial charge in [-0.3, -0.25) is 0 Å². The number of benzene rings is 2. The number of nitrogens with zero attached hydrogens (tertiary/aromatic N) is 4. The summed E-state index contributed by atoms with van der Waals surface area (Å²) in [5, 5.41) is 0.497. The summed E-state index contributed by atoms with van der Waals surface area (Å²) in [6, 6.07) is 14.2. The third-order valence-electron chi connectivity index (χ3n) is 4.62. The van der Waals surface area contributed by atoms with Gasteiger partial charge in [0.25, 0.3) is 0 Å². The molecule has 0 saturated carbocycles. The van der Waals surface area contributed by atoms with E-state index in [9.17, 15) is 13.2 Å². The zero-order chi connectivity index (χ0) is 21.2. The van der Waals surface area contributed by atoms with Crippen molar-refractivity contribution in [2.75, 3.05) is 23.9 Å². The van der Waals surface area contributed by atoms with Gasteiger partial charge in [0.05, 0.1) is 0 Å². The van der Waals surface area contributed by atoms with E-state index in [4.69, 9.17) is 11.6 Å². The van der Waals surface area contributed by atoms with Gasteiger partial charge >= 0.3 is 6.18 Å². The SMILES string of the molecule is CCc1ccc(N(C)c2ncc(C(F)(F)F)c(N(C)c3ccc(Cl)cc3)n2)cc1. The average molecular weight is 421 g/mol. The molecule has 0 aliphatic carbocycles.